The van der Waals surface area contributed by atoms with Crippen molar-refractivity contribution < 1.29 is 4.79 Å². The van der Waals surface area contributed by atoms with Gasteiger partial charge in [0.15, 0.2) is 5.82 Å². The molecule has 1 aromatic carbocycles. The first-order valence-electron chi connectivity index (χ1n) is 9.76. The molecule has 0 fully saturated rings. The molecule has 0 aliphatic heterocycles. The number of aromatic amines is 3. The third-order valence-electron chi connectivity index (χ3n) is 4.89. The van der Waals surface area contributed by atoms with E-state index in [4.69, 9.17) is 0 Å². The first-order chi connectivity index (χ1) is 14.6. The van der Waals surface area contributed by atoms with Crippen LogP contribution in [0.25, 0.3) is 11.0 Å². The van der Waals surface area contributed by atoms with Crippen molar-refractivity contribution in [3.63, 3.8) is 0 Å². The maximum Gasteiger partial charge on any atom is 0.260 e. The topological polar surface area (TPSA) is 145 Å². The molecular formula is C20H22N8O2. The summed E-state index contributed by atoms with van der Waals surface area (Å²) in [5, 5.41) is 17.2. The van der Waals surface area contributed by atoms with Gasteiger partial charge in [-0.25, -0.2) is 4.98 Å². The lowest BCUT2D eigenvalue weighted by molar-refractivity contribution is 0.0953. The molecule has 3 heterocycles. The van der Waals surface area contributed by atoms with E-state index < -0.39 is 0 Å². The van der Waals surface area contributed by atoms with Crippen molar-refractivity contribution >= 4 is 16.9 Å². The normalized spacial score (nSPS) is 11.1. The molecule has 0 unspecified atom stereocenters. The SMILES string of the molecule is Cc1nc2[nH]cc(CCc3ccc(C(=O)NCCCc4nn[nH]n4)cc3)c2c(=O)[nH]1. The molecular weight excluding hydrogens is 384 g/mol. The van der Waals surface area contributed by atoms with E-state index in [9.17, 15) is 9.59 Å². The van der Waals surface area contributed by atoms with Crippen molar-refractivity contribution in [1.29, 1.82) is 0 Å². The molecule has 4 N–H and O–H groups in total. The van der Waals surface area contributed by atoms with Crippen LogP contribution in [-0.2, 0) is 19.3 Å². The van der Waals surface area contributed by atoms with Gasteiger partial charge < -0.3 is 15.3 Å². The molecule has 0 aliphatic rings. The Morgan fingerprint density at radius 2 is 1.97 bits per heavy atom. The number of H-pyrrole nitrogens is 3. The zero-order valence-electron chi connectivity index (χ0n) is 16.5. The molecule has 0 radical (unpaired) electrons. The number of nitrogens with one attached hydrogen (secondary N) is 4. The van der Waals surface area contributed by atoms with Gasteiger partial charge in [0, 0.05) is 24.7 Å². The second-order valence-electron chi connectivity index (χ2n) is 7.07. The number of carbonyl (C=O) groups excluding carboxylic acids is 1. The fourth-order valence-electron chi connectivity index (χ4n) is 3.35. The lowest BCUT2D eigenvalue weighted by atomic mass is 10.0. The van der Waals surface area contributed by atoms with Gasteiger partial charge in [-0.2, -0.15) is 5.21 Å². The van der Waals surface area contributed by atoms with Crippen LogP contribution in [0.15, 0.2) is 35.3 Å². The zero-order valence-corrected chi connectivity index (χ0v) is 16.5. The standard InChI is InChI=1S/C20H22N8O2/c1-12-23-18-17(20(30)24-12)15(11-22-18)9-6-13-4-7-14(8-5-13)19(29)21-10-2-3-16-25-27-28-26-16/h4-5,7-8,11H,2-3,6,9-10H2,1H3,(H,21,29)(H2,22,23,24,30)(H,25,26,27,28). The number of aromatic nitrogens is 7. The number of tetrazole rings is 1. The van der Waals surface area contributed by atoms with Gasteiger partial charge in [0.25, 0.3) is 11.5 Å². The summed E-state index contributed by atoms with van der Waals surface area (Å²) in [5.41, 5.74) is 3.12. The lowest BCUT2D eigenvalue weighted by Gasteiger charge is -2.06. The quantitative estimate of drug-likeness (QED) is 0.324. The Bertz CT molecular complexity index is 1190. The van der Waals surface area contributed by atoms with Crippen molar-refractivity contribution in [2.24, 2.45) is 0 Å². The van der Waals surface area contributed by atoms with Gasteiger partial charge in [0.05, 0.1) is 5.39 Å². The predicted molar refractivity (Wildman–Crippen MR) is 110 cm³/mol. The van der Waals surface area contributed by atoms with Gasteiger partial charge in [-0.15, -0.1) is 10.2 Å². The van der Waals surface area contributed by atoms with Crippen LogP contribution < -0.4 is 10.9 Å². The zero-order chi connectivity index (χ0) is 20.9. The van der Waals surface area contributed by atoms with E-state index in [1.807, 2.05) is 30.5 Å². The van der Waals surface area contributed by atoms with Gasteiger partial charge in [0.2, 0.25) is 0 Å². The van der Waals surface area contributed by atoms with E-state index in [1.165, 1.54) is 0 Å². The summed E-state index contributed by atoms with van der Waals surface area (Å²) < 4.78 is 0. The van der Waals surface area contributed by atoms with Crippen molar-refractivity contribution in [3.05, 3.63) is 69.2 Å². The highest BCUT2D eigenvalue weighted by Crippen LogP contribution is 2.15. The average Bonchev–Trinajstić information content (AvgIpc) is 3.40. The summed E-state index contributed by atoms with van der Waals surface area (Å²) in [6.45, 7) is 2.30. The molecule has 10 nitrogen and oxygen atoms in total. The molecule has 1 amide bonds. The van der Waals surface area contributed by atoms with Crippen LogP contribution in [0.3, 0.4) is 0 Å². The highest BCUT2D eigenvalue weighted by molar-refractivity contribution is 5.94. The number of benzene rings is 1. The molecule has 0 aliphatic carbocycles. The number of hydrogen-bond donors (Lipinski definition) is 4. The van der Waals surface area contributed by atoms with Crippen molar-refractivity contribution in [3.8, 4) is 0 Å². The summed E-state index contributed by atoms with van der Waals surface area (Å²) in [4.78, 5) is 34.6. The molecule has 10 heteroatoms. The van der Waals surface area contributed by atoms with Crippen LogP contribution in [0.2, 0.25) is 0 Å². The van der Waals surface area contributed by atoms with Crippen molar-refractivity contribution in [2.45, 2.75) is 32.6 Å². The number of hydrogen-bond acceptors (Lipinski definition) is 6. The van der Waals surface area contributed by atoms with Crippen molar-refractivity contribution in [2.75, 3.05) is 6.54 Å². The second-order valence-corrected chi connectivity index (χ2v) is 7.07. The summed E-state index contributed by atoms with van der Waals surface area (Å²) in [5.74, 6) is 1.11. The van der Waals surface area contributed by atoms with Gasteiger partial charge in [-0.3, -0.25) is 9.59 Å². The van der Waals surface area contributed by atoms with Crippen LogP contribution in [0.4, 0.5) is 0 Å². The summed E-state index contributed by atoms with van der Waals surface area (Å²) in [6, 6.07) is 7.51. The minimum atomic E-state index is -0.125. The average molecular weight is 406 g/mol. The van der Waals surface area contributed by atoms with E-state index in [0.717, 1.165) is 24.0 Å². The number of nitrogens with zero attached hydrogens (tertiary/aromatic N) is 4. The fourth-order valence-corrected chi connectivity index (χ4v) is 3.35. The van der Waals surface area contributed by atoms with Gasteiger partial charge in [-0.1, -0.05) is 17.3 Å². The molecule has 0 bridgehead atoms. The molecule has 30 heavy (non-hydrogen) atoms. The Morgan fingerprint density at radius 1 is 1.13 bits per heavy atom. The molecule has 0 saturated carbocycles. The third kappa shape index (κ3) is 4.43. The number of aryl methyl sites for hydroxylation is 4. The summed E-state index contributed by atoms with van der Waals surface area (Å²) in [7, 11) is 0. The highest BCUT2D eigenvalue weighted by atomic mass is 16.1. The Balaban J connectivity index is 1.30. The van der Waals surface area contributed by atoms with Crippen molar-refractivity contribution in [1.82, 2.24) is 40.9 Å². The summed E-state index contributed by atoms with van der Waals surface area (Å²) >= 11 is 0. The smallest absolute Gasteiger partial charge is 0.260 e. The van der Waals surface area contributed by atoms with E-state index in [-0.39, 0.29) is 11.5 Å². The van der Waals surface area contributed by atoms with Gasteiger partial charge in [-0.05, 0) is 49.4 Å². The largest absolute Gasteiger partial charge is 0.352 e. The van der Waals surface area contributed by atoms with E-state index >= 15 is 0 Å². The molecule has 4 aromatic rings. The molecule has 0 saturated heterocycles. The van der Waals surface area contributed by atoms with E-state index in [1.54, 1.807) is 6.92 Å². The number of carbonyl (C=O) groups is 1. The van der Waals surface area contributed by atoms with Crippen LogP contribution in [0.5, 0.6) is 0 Å². The maximum atomic E-state index is 12.3. The number of amides is 1. The number of rotatable bonds is 8. The first kappa shape index (κ1) is 19.5. The molecule has 0 atom stereocenters. The van der Waals surface area contributed by atoms with E-state index in [0.29, 0.717) is 47.6 Å². The van der Waals surface area contributed by atoms with Crippen LogP contribution in [-0.4, -0.2) is 48.0 Å². The number of fused-ring (bicyclic) bond motifs is 1. The molecule has 154 valence electrons. The predicted octanol–water partition coefficient (Wildman–Crippen LogP) is 1.22. The first-order valence-corrected chi connectivity index (χ1v) is 9.76. The monoisotopic (exact) mass is 406 g/mol. The second kappa shape index (κ2) is 8.68. The van der Waals surface area contributed by atoms with Crippen LogP contribution in [0, 0.1) is 6.92 Å². The summed E-state index contributed by atoms with van der Waals surface area (Å²) in [6.07, 6.45) is 4.69. The van der Waals surface area contributed by atoms with E-state index in [2.05, 4.69) is 40.9 Å². The maximum absolute atomic E-state index is 12.3. The Hall–Kier alpha value is -3.82. The van der Waals surface area contributed by atoms with Crippen LogP contribution in [0.1, 0.15) is 39.6 Å². The molecule has 4 rings (SSSR count). The molecule has 0 spiro atoms. The third-order valence-corrected chi connectivity index (χ3v) is 4.89. The minimum absolute atomic E-state index is 0.112. The lowest BCUT2D eigenvalue weighted by Crippen LogP contribution is -2.24. The Labute approximate surface area is 171 Å². The molecule has 3 aromatic heterocycles. The van der Waals surface area contributed by atoms with Gasteiger partial charge in [0.1, 0.15) is 11.5 Å². The Kier molecular flexibility index (Phi) is 5.64. The minimum Gasteiger partial charge on any atom is -0.352 e. The van der Waals surface area contributed by atoms with Gasteiger partial charge >= 0.3 is 0 Å². The van der Waals surface area contributed by atoms with Crippen LogP contribution >= 0.6 is 0 Å². The Morgan fingerprint density at radius 3 is 2.73 bits per heavy atom. The highest BCUT2D eigenvalue weighted by Gasteiger charge is 2.10. The fraction of sp³-hybridized carbons (Fsp3) is 0.300.